The molecule has 1 unspecified atom stereocenters. The molecule has 0 aromatic heterocycles. The van der Waals surface area contributed by atoms with E-state index in [9.17, 15) is 4.57 Å². The van der Waals surface area contributed by atoms with Crippen molar-refractivity contribution in [3.8, 4) is 0 Å². The number of nitrogens with zero attached hydrogens (tertiary/aromatic N) is 1. The van der Waals surface area contributed by atoms with Gasteiger partial charge in [0.2, 0.25) is 0 Å². The summed E-state index contributed by atoms with van der Waals surface area (Å²) < 4.78 is 15.4. The van der Waals surface area contributed by atoms with E-state index in [1.165, 1.54) is 0 Å². The van der Waals surface area contributed by atoms with E-state index in [0.717, 1.165) is 25.7 Å². The number of rotatable bonds is 8. The van der Waals surface area contributed by atoms with E-state index in [1.807, 2.05) is 0 Å². The molecule has 0 bridgehead atoms. The van der Waals surface area contributed by atoms with Gasteiger partial charge in [0.25, 0.3) is 0 Å². The van der Waals surface area contributed by atoms with Crippen molar-refractivity contribution in [2.24, 2.45) is 0 Å². The molecule has 0 spiro atoms. The van der Waals surface area contributed by atoms with Gasteiger partial charge in [-0.1, -0.05) is 26.2 Å². The Kier molecular flexibility index (Phi) is 7.40. The zero-order chi connectivity index (χ0) is 11.9. The van der Waals surface area contributed by atoms with Crippen molar-refractivity contribution in [2.75, 3.05) is 14.1 Å². The Bertz CT molecular complexity index is 204. The third-order valence-electron chi connectivity index (χ3n) is 2.14. The zero-order valence-electron chi connectivity index (χ0n) is 9.72. The lowest BCUT2D eigenvalue weighted by Crippen LogP contribution is -2.29. The van der Waals surface area contributed by atoms with Crippen LogP contribution in [0.2, 0.25) is 0 Å². The van der Waals surface area contributed by atoms with Crippen LogP contribution in [0.25, 0.3) is 0 Å². The van der Waals surface area contributed by atoms with E-state index in [4.69, 9.17) is 9.79 Å². The van der Waals surface area contributed by atoms with Crippen LogP contribution in [0.1, 0.15) is 39.0 Å². The van der Waals surface area contributed by atoms with Crippen molar-refractivity contribution < 1.29 is 18.9 Å². The van der Waals surface area contributed by atoms with Crippen molar-refractivity contribution in [3.63, 3.8) is 0 Å². The van der Waals surface area contributed by atoms with Gasteiger partial charge in [0, 0.05) is 0 Å². The summed E-state index contributed by atoms with van der Waals surface area (Å²) in [5, 5.41) is 0. The lowest BCUT2D eigenvalue weighted by molar-refractivity contribution is 0.0264. The molecular formula is C9H22NO4P. The minimum Gasteiger partial charge on any atom is -0.303 e. The lowest BCUT2D eigenvalue weighted by Gasteiger charge is -2.24. The summed E-state index contributed by atoms with van der Waals surface area (Å²) in [6.07, 6.45) is 4.45. The first kappa shape index (κ1) is 15.1. The molecule has 0 fully saturated rings. The van der Waals surface area contributed by atoms with Crippen molar-refractivity contribution in [1.82, 2.24) is 4.90 Å². The maximum Gasteiger partial charge on any atom is 0.471 e. The van der Waals surface area contributed by atoms with E-state index < -0.39 is 14.1 Å². The van der Waals surface area contributed by atoms with Gasteiger partial charge in [-0.15, -0.1) is 0 Å². The fourth-order valence-corrected chi connectivity index (χ4v) is 1.92. The minimum absolute atomic E-state index is 0.498. The van der Waals surface area contributed by atoms with E-state index in [0.29, 0.717) is 6.42 Å². The highest BCUT2D eigenvalue weighted by Crippen LogP contribution is 2.38. The average Bonchev–Trinajstić information content (AvgIpc) is 2.08. The molecule has 0 radical (unpaired) electrons. The van der Waals surface area contributed by atoms with Crippen LogP contribution in [0.3, 0.4) is 0 Å². The van der Waals surface area contributed by atoms with Gasteiger partial charge in [-0.25, -0.2) is 4.57 Å². The Labute approximate surface area is 91.7 Å². The quantitative estimate of drug-likeness (QED) is 0.385. The van der Waals surface area contributed by atoms with E-state index in [2.05, 4.69) is 11.4 Å². The van der Waals surface area contributed by atoms with Crippen LogP contribution < -0.4 is 0 Å². The number of hydrogen-bond acceptors (Lipinski definition) is 3. The molecule has 15 heavy (non-hydrogen) atoms. The summed E-state index contributed by atoms with van der Waals surface area (Å²) in [6, 6.07) is 0. The predicted octanol–water partition coefficient (Wildman–Crippen LogP) is 1.95. The molecule has 5 nitrogen and oxygen atoms in total. The molecule has 0 aliphatic heterocycles. The van der Waals surface area contributed by atoms with Crippen LogP contribution in [0.5, 0.6) is 0 Å². The van der Waals surface area contributed by atoms with Crippen LogP contribution in [0, 0.1) is 0 Å². The highest BCUT2D eigenvalue weighted by atomic mass is 31.2. The Morgan fingerprint density at radius 1 is 1.27 bits per heavy atom. The molecule has 0 aliphatic rings. The number of hydrogen-bond donors (Lipinski definition) is 2. The Morgan fingerprint density at radius 2 is 1.87 bits per heavy atom. The fraction of sp³-hybridized carbons (Fsp3) is 1.00. The highest BCUT2D eigenvalue weighted by molar-refractivity contribution is 7.46. The van der Waals surface area contributed by atoms with Crippen LogP contribution in [0.15, 0.2) is 0 Å². The first-order valence-corrected chi connectivity index (χ1v) is 6.80. The average molecular weight is 239 g/mol. The third kappa shape index (κ3) is 9.03. The molecular weight excluding hydrogens is 217 g/mol. The third-order valence-corrected chi connectivity index (χ3v) is 2.66. The largest absolute Gasteiger partial charge is 0.471 e. The van der Waals surface area contributed by atoms with Crippen molar-refractivity contribution >= 4 is 7.82 Å². The first-order chi connectivity index (χ1) is 6.87. The van der Waals surface area contributed by atoms with Gasteiger partial charge in [0.15, 0.2) is 0 Å². The lowest BCUT2D eigenvalue weighted by atomic mass is 10.1. The van der Waals surface area contributed by atoms with Gasteiger partial charge >= 0.3 is 7.82 Å². The van der Waals surface area contributed by atoms with E-state index in [1.54, 1.807) is 19.0 Å². The maximum absolute atomic E-state index is 10.7. The SMILES string of the molecule is CCCCCCC(OP(=O)(O)O)N(C)C. The van der Waals surface area contributed by atoms with Crippen LogP contribution >= 0.6 is 7.82 Å². The molecule has 0 aromatic carbocycles. The topological polar surface area (TPSA) is 70.0 Å². The normalized spacial score (nSPS) is 14.5. The van der Waals surface area contributed by atoms with Gasteiger partial charge in [-0.3, -0.25) is 9.42 Å². The second-order valence-corrected chi connectivity index (χ2v) is 5.06. The summed E-state index contributed by atoms with van der Waals surface area (Å²) in [6.45, 7) is 2.12. The first-order valence-electron chi connectivity index (χ1n) is 5.27. The summed E-state index contributed by atoms with van der Waals surface area (Å²) in [5.41, 5.74) is 0. The van der Waals surface area contributed by atoms with Crippen molar-refractivity contribution in [2.45, 2.75) is 45.3 Å². The number of unbranched alkanes of at least 4 members (excludes halogenated alkanes) is 3. The summed E-state index contributed by atoms with van der Waals surface area (Å²) in [7, 11) is -0.873. The summed E-state index contributed by atoms with van der Waals surface area (Å²) >= 11 is 0. The molecule has 0 saturated heterocycles. The molecule has 0 amide bonds. The number of phosphoric acid groups is 1. The maximum atomic E-state index is 10.7. The van der Waals surface area contributed by atoms with E-state index >= 15 is 0 Å². The molecule has 0 aliphatic carbocycles. The monoisotopic (exact) mass is 239 g/mol. The van der Waals surface area contributed by atoms with Crippen LogP contribution in [-0.2, 0) is 9.09 Å². The highest BCUT2D eigenvalue weighted by Gasteiger charge is 2.23. The van der Waals surface area contributed by atoms with Gasteiger partial charge < -0.3 is 9.79 Å². The Balaban J connectivity index is 3.90. The van der Waals surface area contributed by atoms with E-state index in [-0.39, 0.29) is 0 Å². The Morgan fingerprint density at radius 3 is 2.27 bits per heavy atom. The van der Waals surface area contributed by atoms with Gasteiger partial charge in [0.05, 0.1) is 0 Å². The molecule has 2 N–H and O–H groups in total. The smallest absolute Gasteiger partial charge is 0.303 e. The van der Waals surface area contributed by atoms with Gasteiger partial charge in [-0.2, -0.15) is 0 Å². The summed E-state index contributed by atoms with van der Waals surface area (Å²) in [4.78, 5) is 19.1. The fourth-order valence-electron chi connectivity index (χ4n) is 1.31. The number of phosphoric ester groups is 1. The second-order valence-electron chi connectivity index (χ2n) is 3.86. The molecule has 6 heteroatoms. The van der Waals surface area contributed by atoms with Crippen LogP contribution in [0.4, 0.5) is 0 Å². The van der Waals surface area contributed by atoms with Crippen molar-refractivity contribution in [1.29, 1.82) is 0 Å². The predicted molar refractivity (Wildman–Crippen MR) is 59.4 cm³/mol. The van der Waals surface area contributed by atoms with Crippen LogP contribution in [-0.4, -0.2) is 35.0 Å². The second kappa shape index (κ2) is 7.36. The molecule has 0 aromatic rings. The molecule has 0 saturated carbocycles. The molecule has 1 atom stereocenters. The Hall–Kier alpha value is 0.0700. The van der Waals surface area contributed by atoms with Gasteiger partial charge in [0.1, 0.15) is 6.23 Å². The van der Waals surface area contributed by atoms with Gasteiger partial charge in [-0.05, 0) is 26.9 Å². The van der Waals surface area contributed by atoms with Crippen molar-refractivity contribution in [3.05, 3.63) is 0 Å². The standard InChI is InChI=1S/C9H22NO4P/c1-4-5-6-7-8-9(10(2)3)14-15(11,12)13/h9H,4-8H2,1-3H3,(H2,11,12,13). The molecule has 0 rings (SSSR count). The molecule has 92 valence electrons. The minimum atomic E-state index is -4.37. The molecule has 0 heterocycles. The summed E-state index contributed by atoms with van der Waals surface area (Å²) in [5.74, 6) is 0. The zero-order valence-corrected chi connectivity index (χ0v) is 10.6.